The van der Waals surface area contributed by atoms with E-state index in [1.807, 2.05) is 6.08 Å². The van der Waals surface area contributed by atoms with E-state index < -0.39 is 0 Å². The third-order valence-electron chi connectivity index (χ3n) is 5.50. The first-order valence-corrected chi connectivity index (χ1v) is 8.65. The molecule has 0 aromatic carbocycles. The first-order valence-electron chi connectivity index (χ1n) is 8.65. The topological polar surface area (TPSA) is 26.3 Å². The lowest BCUT2D eigenvalue weighted by Gasteiger charge is -2.43. The first kappa shape index (κ1) is 14.3. The molecule has 1 aliphatic heterocycles. The van der Waals surface area contributed by atoms with Crippen molar-refractivity contribution in [1.29, 1.82) is 0 Å². The summed E-state index contributed by atoms with van der Waals surface area (Å²) < 4.78 is 6.10. The lowest BCUT2D eigenvalue weighted by molar-refractivity contribution is -0.139. The summed E-state index contributed by atoms with van der Waals surface area (Å²) in [6.45, 7) is 0.791. The zero-order chi connectivity index (χ0) is 13.8. The minimum atomic E-state index is 0.0574. The molecule has 2 nitrogen and oxygen atoms in total. The van der Waals surface area contributed by atoms with Crippen LogP contribution in [0.3, 0.4) is 0 Å². The van der Waals surface area contributed by atoms with Crippen molar-refractivity contribution in [2.24, 2.45) is 5.92 Å². The van der Waals surface area contributed by atoms with Gasteiger partial charge in [0.05, 0.1) is 5.60 Å². The number of rotatable bonds is 2. The molecule has 1 saturated heterocycles. The average Bonchev–Trinajstić information content (AvgIpc) is 2.49. The van der Waals surface area contributed by atoms with Gasteiger partial charge in [0.25, 0.3) is 0 Å². The highest BCUT2D eigenvalue weighted by atomic mass is 16.5. The molecule has 1 unspecified atom stereocenters. The summed E-state index contributed by atoms with van der Waals surface area (Å²) in [5, 5.41) is 0. The predicted octanol–water partition coefficient (Wildman–Crippen LogP) is 4.58. The van der Waals surface area contributed by atoms with Crippen LogP contribution in [0.4, 0.5) is 0 Å². The van der Waals surface area contributed by atoms with E-state index in [0.29, 0.717) is 5.78 Å². The van der Waals surface area contributed by atoms with Crippen LogP contribution in [0.25, 0.3) is 0 Å². The zero-order valence-corrected chi connectivity index (χ0v) is 12.7. The smallest absolute Gasteiger partial charge is 0.158 e. The fraction of sp³-hybridized carbons (Fsp3) is 0.833. The van der Waals surface area contributed by atoms with Crippen molar-refractivity contribution in [2.45, 2.75) is 82.7 Å². The molecule has 2 heteroatoms. The number of carbonyl (C=O) groups is 1. The van der Waals surface area contributed by atoms with Crippen molar-refractivity contribution in [1.82, 2.24) is 0 Å². The monoisotopic (exact) mass is 276 g/mol. The third kappa shape index (κ3) is 3.33. The van der Waals surface area contributed by atoms with E-state index in [0.717, 1.165) is 32.3 Å². The first-order chi connectivity index (χ1) is 9.77. The summed E-state index contributed by atoms with van der Waals surface area (Å²) >= 11 is 0. The maximum absolute atomic E-state index is 12.6. The highest BCUT2D eigenvalue weighted by molar-refractivity contribution is 5.92. The van der Waals surface area contributed by atoms with Crippen molar-refractivity contribution < 1.29 is 9.53 Å². The van der Waals surface area contributed by atoms with E-state index in [1.165, 1.54) is 56.9 Å². The third-order valence-corrected chi connectivity index (χ3v) is 5.50. The van der Waals surface area contributed by atoms with Gasteiger partial charge in [-0.25, -0.2) is 0 Å². The van der Waals surface area contributed by atoms with Gasteiger partial charge >= 0.3 is 0 Å². The maximum atomic E-state index is 12.6. The molecular formula is C18H28O2. The zero-order valence-electron chi connectivity index (χ0n) is 12.7. The Labute approximate surface area is 123 Å². The highest BCUT2D eigenvalue weighted by Gasteiger charge is 2.40. The van der Waals surface area contributed by atoms with Gasteiger partial charge in [-0.1, -0.05) is 31.3 Å². The Balaban J connectivity index is 1.62. The number of hydrogen-bond acceptors (Lipinski definition) is 2. The van der Waals surface area contributed by atoms with Crippen LogP contribution in [0, 0.1) is 5.92 Å². The summed E-state index contributed by atoms with van der Waals surface area (Å²) in [5.41, 5.74) is 1.47. The van der Waals surface area contributed by atoms with Crippen molar-refractivity contribution in [3.63, 3.8) is 0 Å². The molecule has 1 heterocycles. The lowest BCUT2D eigenvalue weighted by atomic mass is 9.74. The van der Waals surface area contributed by atoms with E-state index in [-0.39, 0.29) is 11.5 Å². The standard InChI is InChI=1S/C18H28O2/c19-17(13-15-7-3-1-4-8-15)16-9-12-20-18(14-16)10-5-2-6-11-18/h13,16H,1-12,14H2. The highest BCUT2D eigenvalue weighted by Crippen LogP contribution is 2.41. The second kappa shape index (κ2) is 6.43. The van der Waals surface area contributed by atoms with E-state index in [9.17, 15) is 4.79 Å². The number of allylic oxidation sites excluding steroid dienone is 2. The van der Waals surface area contributed by atoms with Gasteiger partial charge in [-0.3, -0.25) is 4.79 Å². The molecule has 1 atom stereocenters. The molecule has 112 valence electrons. The fourth-order valence-corrected chi connectivity index (χ4v) is 4.28. The molecule has 1 spiro atoms. The van der Waals surface area contributed by atoms with Crippen LogP contribution in [0.1, 0.15) is 77.0 Å². The van der Waals surface area contributed by atoms with Gasteiger partial charge in [0.2, 0.25) is 0 Å². The van der Waals surface area contributed by atoms with Crippen LogP contribution in [0.5, 0.6) is 0 Å². The minimum absolute atomic E-state index is 0.0574. The Bertz CT molecular complexity index is 363. The molecule has 0 N–H and O–H groups in total. The Kier molecular flexibility index (Phi) is 4.60. The van der Waals surface area contributed by atoms with Gasteiger partial charge in [0.15, 0.2) is 5.78 Å². The molecule has 0 radical (unpaired) electrons. The van der Waals surface area contributed by atoms with Crippen molar-refractivity contribution >= 4 is 5.78 Å². The number of hydrogen-bond donors (Lipinski definition) is 0. The number of ketones is 1. The van der Waals surface area contributed by atoms with Crippen LogP contribution < -0.4 is 0 Å². The summed E-state index contributed by atoms with van der Waals surface area (Å²) in [7, 11) is 0. The molecule has 3 fully saturated rings. The molecule has 3 aliphatic rings. The quantitative estimate of drug-likeness (QED) is 0.690. The lowest BCUT2D eigenvalue weighted by Crippen LogP contribution is -2.43. The Morgan fingerprint density at radius 2 is 1.75 bits per heavy atom. The van der Waals surface area contributed by atoms with Crippen molar-refractivity contribution in [3.05, 3.63) is 11.6 Å². The molecule has 0 amide bonds. The number of carbonyl (C=O) groups excluding carboxylic acids is 1. The molecule has 3 rings (SSSR count). The maximum Gasteiger partial charge on any atom is 0.158 e. The number of ether oxygens (including phenoxy) is 1. The SMILES string of the molecule is O=C(C=C1CCCCC1)C1CCOC2(CCCCC2)C1. The summed E-state index contributed by atoms with van der Waals surface area (Å²) in [4.78, 5) is 12.6. The normalized spacial score (nSPS) is 30.2. The van der Waals surface area contributed by atoms with Crippen molar-refractivity contribution in [3.8, 4) is 0 Å². The van der Waals surface area contributed by atoms with Crippen LogP contribution >= 0.6 is 0 Å². The molecule has 0 aromatic rings. The van der Waals surface area contributed by atoms with Gasteiger partial charge in [-0.15, -0.1) is 0 Å². The molecular weight excluding hydrogens is 248 g/mol. The Hall–Kier alpha value is -0.630. The Morgan fingerprint density at radius 3 is 2.50 bits per heavy atom. The summed E-state index contributed by atoms with van der Waals surface area (Å²) in [6.07, 6.45) is 16.4. The molecule has 0 aromatic heterocycles. The van der Waals surface area contributed by atoms with Gasteiger partial charge in [-0.05, 0) is 57.4 Å². The molecule has 0 bridgehead atoms. The summed E-state index contributed by atoms with van der Waals surface area (Å²) in [5.74, 6) is 0.631. The summed E-state index contributed by atoms with van der Waals surface area (Å²) in [6, 6.07) is 0. The van der Waals surface area contributed by atoms with E-state index in [4.69, 9.17) is 4.74 Å². The van der Waals surface area contributed by atoms with E-state index >= 15 is 0 Å². The van der Waals surface area contributed by atoms with Crippen LogP contribution in [-0.4, -0.2) is 18.0 Å². The Morgan fingerprint density at radius 1 is 1.05 bits per heavy atom. The molecule has 2 saturated carbocycles. The van der Waals surface area contributed by atoms with Gasteiger partial charge in [0.1, 0.15) is 0 Å². The molecule has 2 aliphatic carbocycles. The van der Waals surface area contributed by atoms with Gasteiger partial charge in [-0.2, -0.15) is 0 Å². The average molecular weight is 276 g/mol. The van der Waals surface area contributed by atoms with Crippen LogP contribution in [0.15, 0.2) is 11.6 Å². The minimum Gasteiger partial charge on any atom is -0.375 e. The second-order valence-electron chi connectivity index (χ2n) is 7.05. The van der Waals surface area contributed by atoms with Crippen LogP contribution in [-0.2, 0) is 9.53 Å². The van der Waals surface area contributed by atoms with E-state index in [1.54, 1.807) is 0 Å². The second-order valence-corrected chi connectivity index (χ2v) is 7.05. The largest absolute Gasteiger partial charge is 0.375 e. The van der Waals surface area contributed by atoms with Crippen molar-refractivity contribution in [2.75, 3.05) is 6.61 Å². The fourth-order valence-electron chi connectivity index (χ4n) is 4.28. The van der Waals surface area contributed by atoms with E-state index in [2.05, 4.69) is 0 Å². The van der Waals surface area contributed by atoms with Gasteiger partial charge < -0.3 is 4.74 Å². The molecule has 20 heavy (non-hydrogen) atoms. The van der Waals surface area contributed by atoms with Gasteiger partial charge in [0, 0.05) is 12.5 Å². The predicted molar refractivity (Wildman–Crippen MR) is 80.7 cm³/mol. The van der Waals surface area contributed by atoms with Crippen LogP contribution in [0.2, 0.25) is 0 Å².